The van der Waals surface area contributed by atoms with E-state index in [-0.39, 0.29) is 16.0 Å². The van der Waals surface area contributed by atoms with Crippen molar-refractivity contribution in [2.45, 2.75) is 4.90 Å². The molecule has 7 nitrogen and oxygen atoms in total. The first kappa shape index (κ1) is 16.9. The number of hydrogen-bond donors (Lipinski definition) is 3. The summed E-state index contributed by atoms with van der Waals surface area (Å²) in [5, 5.41) is 5.60. The van der Waals surface area contributed by atoms with Crippen LogP contribution < -0.4 is 16.6 Å². The van der Waals surface area contributed by atoms with Crippen LogP contribution in [-0.4, -0.2) is 20.3 Å². The second-order valence-electron chi connectivity index (χ2n) is 4.58. The first-order valence-electron chi connectivity index (χ1n) is 6.26. The fourth-order valence-electron chi connectivity index (χ4n) is 1.97. The zero-order chi connectivity index (χ0) is 17.2. The Morgan fingerprint density at radius 1 is 1.04 bits per heavy atom. The monoisotopic (exact) mass is 352 g/mol. The number of benzene rings is 2. The van der Waals surface area contributed by atoms with Gasteiger partial charge in [-0.2, -0.15) is 4.99 Å². The van der Waals surface area contributed by atoms with Crippen molar-refractivity contribution in [1.82, 2.24) is 0 Å². The van der Waals surface area contributed by atoms with Gasteiger partial charge < -0.3 is 11.5 Å². The van der Waals surface area contributed by atoms with Gasteiger partial charge >= 0.3 is 0 Å². The van der Waals surface area contributed by atoms with Gasteiger partial charge in [-0.3, -0.25) is 4.79 Å². The van der Waals surface area contributed by atoms with Crippen molar-refractivity contribution in [3.63, 3.8) is 0 Å². The van der Waals surface area contributed by atoms with Crippen LogP contribution >= 0.6 is 11.6 Å². The topological polar surface area (TPSA) is 142 Å². The number of rotatable bonds is 3. The predicted octanol–water partition coefficient (Wildman–Crippen LogP) is 1.07. The molecule has 1 amide bonds. The number of nitrogens with two attached hydrogens (primary N) is 3. The van der Waals surface area contributed by atoms with Gasteiger partial charge in [-0.15, -0.1) is 0 Å². The molecular formula is C14H13ClN4O3S. The Kier molecular flexibility index (Phi) is 4.69. The Hall–Kier alpha value is -2.42. The molecule has 0 fully saturated rings. The van der Waals surface area contributed by atoms with Crippen LogP contribution in [0.5, 0.6) is 0 Å². The highest BCUT2D eigenvalue weighted by Gasteiger charge is 2.19. The molecule has 120 valence electrons. The minimum atomic E-state index is -4.10. The number of carbonyl (C=O) groups excluding carboxylic acids is 1. The molecule has 9 heteroatoms. The maximum atomic E-state index is 11.9. The zero-order valence-corrected chi connectivity index (χ0v) is 13.3. The highest BCUT2D eigenvalue weighted by molar-refractivity contribution is 7.89. The summed E-state index contributed by atoms with van der Waals surface area (Å²) < 4.78 is 23.7. The van der Waals surface area contributed by atoms with E-state index in [0.29, 0.717) is 10.6 Å². The van der Waals surface area contributed by atoms with Gasteiger partial charge in [0.25, 0.3) is 5.91 Å². The van der Waals surface area contributed by atoms with E-state index in [9.17, 15) is 13.2 Å². The van der Waals surface area contributed by atoms with Gasteiger partial charge in [-0.1, -0.05) is 35.9 Å². The maximum absolute atomic E-state index is 11.9. The standard InChI is InChI=1S/C14H13ClN4O3S/c15-11-4-2-1-3-9(11)10-6-5-8(13(20)19-14(16)17)7-12(10)23(18,21)22/h1-7H,(H2,18,21,22)(H4,16,17,19,20). The number of sulfonamides is 1. The molecule has 0 aliphatic rings. The van der Waals surface area contributed by atoms with E-state index in [1.165, 1.54) is 12.1 Å². The molecule has 0 saturated carbocycles. The predicted molar refractivity (Wildman–Crippen MR) is 88.4 cm³/mol. The lowest BCUT2D eigenvalue weighted by molar-refractivity contribution is 0.100. The molecule has 0 unspecified atom stereocenters. The van der Waals surface area contributed by atoms with Gasteiger partial charge in [0.2, 0.25) is 10.0 Å². The van der Waals surface area contributed by atoms with Crippen LogP contribution in [0.25, 0.3) is 11.1 Å². The molecule has 0 aromatic heterocycles. The average molecular weight is 353 g/mol. The number of hydrogen-bond acceptors (Lipinski definition) is 3. The van der Waals surface area contributed by atoms with Crippen LogP contribution in [0.3, 0.4) is 0 Å². The van der Waals surface area contributed by atoms with E-state index in [1.54, 1.807) is 24.3 Å². The molecule has 2 aromatic carbocycles. The number of halogens is 1. The quantitative estimate of drug-likeness (QED) is 0.559. The molecule has 0 heterocycles. The molecule has 0 saturated heterocycles. The molecule has 0 spiro atoms. The largest absolute Gasteiger partial charge is 0.370 e. The third-order valence-corrected chi connectivity index (χ3v) is 4.21. The van der Waals surface area contributed by atoms with Gasteiger partial charge in [-0.05, 0) is 18.2 Å². The molecule has 2 rings (SSSR count). The number of primary sulfonamides is 1. The van der Waals surface area contributed by atoms with Crippen LogP contribution in [0, 0.1) is 0 Å². The fraction of sp³-hybridized carbons (Fsp3) is 0. The molecule has 0 aliphatic carbocycles. The number of aliphatic imine (C=N–C) groups is 1. The highest BCUT2D eigenvalue weighted by atomic mass is 35.5. The molecule has 6 N–H and O–H groups in total. The lowest BCUT2D eigenvalue weighted by Crippen LogP contribution is -2.24. The average Bonchev–Trinajstić information content (AvgIpc) is 2.45. The van der Waals surface area contributed by atoms with Gasteiger partial charge in [-0.25, -0.2) is 13.6 Å². The Morgan fingerprint density at radius 3 is 2.26 bits per heavy atom. The fourth-order valence-corrected chi connectivity index (χ4v) is 2.99. The van der Waals surface area contributed by atoms with Crippen LogP contribution in [0.15, 0.2) is 52.4 Å². The van der Waals surface area contributed by atoms with Crippen LogP contribution in [0.2, 0.25) is 5.02 Å². The zero-order valence-electron chi connectivity index (χ0n) is 11.7. The summed E-state index contributed by atoms with van der Waals surface area (Å²) >= 11 is 6.09. The third kappa shape index (κ3) is 3.86. The van der Waals surface area contributed by atoms with Gasteiger partial charge in [0.1, 0.15) is 0 Å². The van der Waals surface area contributed by atoms with E-state index >= 15 is 0 Å². The van der Waals surface area contributed by atoms with Crippen molar-refractivity contribution < 1.29 is 13.2 Å². The molecular weight excluding hydrogens is 340 g/mol. The van der Waals surface area contributed by atoms with Crippen molar-refractivity contribution >= 4 is 33.5 Å². The van der Waals surface area contributed by atoms with E-state index in [1.807, 2.05) is 0 Å². The van der Waals surface area contributed by atoms with Gasteiger partial charge in [0.15, 0.2) is 5.96 Å². The van der Waals surface area contributed by atoms with Crippen LogP contribution in [0.1, 0.15) is 10.4 Å². The van der Waals surface area contributed by atoms with Crippen molar-refractivity contribution in [2.24, 2.45) is 21.6 Å². The van der Waals surface area contributed by atoms with E-state index in [4.69, 9.17) is 28.2 Å². The lowest BCUT2D eigenvalue weighted by Gasteiger charge is -2.11. The summed E-state index contributed by atoms with van der Waals surface area (Å²) in [7, 11) is -4.10. The Balaban J connectivity index is 2.69. The number of carbonyl (C=O) groups is 1. The van der Waals surface area contributed by atoms with Crippen LogP contribution in [0.4, 0.5) is 0 Å². The molecule has 2 aromatic rings. The van der Waals surface area contributed by atoms with E-state index in [0.717, 1.165) is 6.07 Å². The van der Waals surface area contributed by atoms with E-state index < -0.39 is 21.9 Å². The lowest BCUT2D eigenvalue weighted by atomic mass is 10.0. The Labute approximate surface area is 137 Å². The van der Waals surface area contributed by atoms with Crippen molar-refractivity contribution in [2.75, 3.05) is 0 Å². The number of guanidine groups is 1. The van der Waals surface area contributed by atoms with Gasteiger partial charge in [0, 0.05) is 21.7 Å². The number of nitrogens with zero attached hydrogens (tertiary/aromatic N) is 1. The molecule has 0 radical (unpaired) electrons. The first-order valence-corrected chi connectivity index (χ1v) is 8.18. The van der Waals surface area contributed by atoms with Crippen molar-refractivity contribution in [3.8, 4) is 11.1 Å². The van der Waals surface area contributed by atoms with Crippen molar-refractivity contribution in [1.29, 1.82) is 0 Å². The minimum Gasteiger partial charge on any atom is -0.370 e. The summed E-state index contributed by atoms with van der Waals surface area (Å²) in [4.78, 5) is 15.0. The summed E-state index contributed by atoms with van der Waals surface area (Å²) in [6.07, 6.45) is 0. The highest BCUT2D eigenvalue weighted by Crippen LogP contribution is 2.32. The summed E-state index contributed by atoms with van der Waals surface area (Å²) in [6.45, 7) is 0. The maximum Gasteiger partial charge on any atom is 0.280 e. The SMILES string of the molecule is NC(N)=NC(=O)c1ccc(-c2ccccc2Cl)c(S(N)(=O)=O)c1. The molecule has 0 atom stereocenters. The Morgan fingerprint density at radius 2 is 1.70 bits per heavy atom. The first-order chi connectivity index (χ1) is 10.7. The van der Waals surface area contributed by atoms with Crippen LogP contribution in [-0.2, 0) is 10.0 Å². The van der Waals surface area contributed by atoms with Crippen molar-refractivity contribution in [3.05, 3.63) is 53.1 Å². The van der Waals surface area contributed by atoms with Gasteiger partial charge in [0.05, 0.1) is 4.90 Å². The normalized spacial score (nSPS) is 11.0. The Bertz CT molecular complexity index is 906. The summed E-state index contributed by atoms with van der Waals surface area (Å²) in [5.74, 6) is -1.21. The molecule has 0 bridgehead atoms. The molecule has 0 aliphatic heterocycles. The second kappa shape index (κ2) is 6.37. The summed E-state index contributed by atoms with van der Waals surface area (Å²) in [5.41, 5.74) is 11.0. The molecule has 23 heavy (non-hydrogen) atoms. The second-order valence-corrected chi connectivity index (χ2v) is 6.51. The number of amides is 1. The third-order valence-electron chi connectivity index (χ3n) is 2.93. The smallest absolute Gasteiger partial charge is 0.280 e. The minimum absolute atomic E-state index is 0.0155. The van der Waals surface area contributed by atoms with E-state index in [2.05, 4.69) is 4.99 Å². The summed E-state index contributed by atoms with van der Waals surface area (Å²) in [6, 6.07) is 10.6.